The van der Waals surface area contributed by atoms with E-state index >= 15 is 0 Å². The molecule has 2 aromatic rings. The highest BCUT2D eigenvalue weighted by atomic mass is 16.6. The number of aromatic nitrogens is 1. The normalized spacial score (nSPS) is 17.7. The molecule has 0 aliphatic carbocycles. The van der Waals surface area contributed by atoms with Crippen LogP contribution in [0, 0.1) is 0 Å². The molecule has 0 radical (unpaired) electrons. The number of carbonyl (C=O) groups excluding carboxylic acids is 1. The molecule has 0 spiro atoms. The summed E-state index contributed by atoms with van der Waals surface area (Å²) in [5.41, 5.74) is 2.03. The molecule has 2 heterocycles. The lowest BCUT2D eigenvalue weighted by atomic mass is 9.95. The molecule has 1 fully saturated rings. The van der Waals surface area contributed by atoms with Crippen molar-refractivity contribution in [1.29, 1.82) is 0 Å². The Morgan fingerprint density at radius 3 is 2.55 bits per heavy atom. The molecular weight excluding hydrogens is 362 g/mol. The van der Waals surface area contributed by atoms with Crippen LogP contribution in [-0.2, 0) is 11.3 Å². The third-order valence-corrected chi connectivity index (χ3v) is 5.20. The van der Waals surface area contributed by atoms with E-state index in [1.807, 2.05) is 40.0 Å². The molecule has 5 heteroatoms. The molecule has 1 saturated heterocycles. The number of benzene rings is 1. The van der Waals surface area contributed by atoms with Crippen molar-refractivity contribution in [2.45, 2.75) is 65.1 Å². The summed E-state index contributed by atoms with van der Waals surface area (Å²) in [5, 5.41) is 0. The highest BCUT2D eigenvalue weighted by molar-refractivity contribution is 5.86. The smallest absolute Gasteiger partial charge is 0.415 e. The number of amides is 1. The second-order valence-corrected chi connectivity index (χ2v) is 8.64. The maximum absolute atomic E-state index is 12.5. The van der Waals surface area contributed by atoms with E-state index in [0.29, 0.717) is 18.4 Å². The van der Waals surface area contributed by atoms with E-state index in [1.54, 1.807) is 4.90 Å². The molecule has 1 aliphatic rings. The topological polar surface area (TPSA) is 45.7 Å². The van der Waals surface area contributed by atoms with E-state index in [9.17, 15) is 4.79 Å². The molecule has 1 unspecified atom stereocenters. The van der Waals surface area contributed by atoms with Gasteiger partial charge in [0.2, 0.25) is 0 Å². The van der Waals surface area contributed by atoms with Crippen molar-refractivity contribution in [3.8, 4) is 0 Å². The first-order valence-corrected chi connectivity index (χ1v) is 10.6. The van der Waals surface area contributed by atoms with Crippen LogP contribution in [0.2, 0.25) is 0 Å². The van der Waals surface area contributed by atoms with Crippen molar-refractivity contribution in [1.82, 2.24) is 9.88 Å². The Kier molecular flexibility index (Phi) is 6.91. The summed E-state index contributed by atoms with van der Waals surface area (Å²) in [6.07, 6.45) is 5.17. The van der Waals surface area contributed by atoms with Gasteiger partial charge in [0.25, 0.3) is 0 Å². The van der Waals surface area contributed by atoms with Crippen LogP contribution in [0.5, 0.6) is 0 Å². The van der Waals surface area contributed by atoms with Crippen LogP contribution < -0.4 is 4.90 Å². The highest BCUT2D eigenvalue weighted by Crippen LogP contribution is 2.32. The van der Waals surface area contributed by atoms with Crippen molar-refractivity contribution in [3.05, 3.63) is 59.8 Å². The molecule has 156 valence electrons. The van der Waals surface area contributed by atoms with Crippen LogP contribution in [0.3, 0.4) is 0 Å². The van der Waals surface area contributed by atoms with Gasteiger partial charge < -0.3 is 4.74 Å². The van der Waals surface area contributed by atoms with Crippen molar-refractivity contribution >= 4 is 11.9 Å². The van der Waals surface area contributed by atoms with Crippen LogP contribution in [-0.4, -0.2) is 34.7 Å². The summed E-state index contributed by atoms with van der Waals surface area (Å²) >= 11 is 0. The molecule has 3 rings (SSSR count). The molecular formula is C24H33N3O2. The zero-order valence-electron chi connectivity index (χ0n) is 18.1. The number of ether oxygens (including phenoxy) is 1. The molecule has 1 aromatic heterocycles. The van der Waals surface area contributed by atoms with Gasteiger partial charge in [0.1, 0.15) is 11.4 Å². The fourth-order valence-corrected chi connectivity index (χ4v) is 3.83. The van der Waals surface area contributed by atoms with Gasteiger partial charge in [-0.2, -0.15) is 0 Å². The lowest BCUT2D eigenvalue weighted by Gasteiger charge is -2.36. The quantitative estimate of drug-likeness (QED) is 0.664. The Bertz CT molecular complexity index is 784. The number of anilines is 1. The summed E-state index contributed by atoms with van der Waals surface area (Å²) in [7, 11) is 0. The van der Waals surface area contributed by atoms with Crippen LogP contribution in [0.1, 0.15) is 64.1 Å². The Hall–Kier alpha value is -2.40. The van der Waals surface area contributed by atoms with Crippen LogP contribution in [0.25, 0.3) is 0 Å². The summed E-state index contributed by atoms with van der Waals surface area (Å²) in [5.74, 6) is 0.635. The van der Waals surface area contributed by atoms with E-state index in [0.717, 1.165) is 19.5 Å². The van der Waals surface area contributed by atoms with E-state index in [1.165, 1.54) is 24.0 Å². The van der Waals surface area contributed by atoms with Gasteiger partial charge in [0.05, 0.1) is 0 Å². The van der Waals surface area contributed by atoms with E-state index in [-0.39, 0.29) is 6.09 Å². The Morgan fingerprint density at radius 2 is 1.93 bits per heavy atom. The number of rotatable bonds is 5. The molecule has 1 aliphatic heterocycles. The first-order chi connectivity index (χ1) is 13.9. The predicted octanol–water partition coefficient (Wildman–Crippen LogP) is 5.57. The largest absolute Gasteiger partial charge is 0.443 e. The van der Waals surface area contributed by atoms with Gasteiger partial charge in [-0.1, -0.05) is 42.8 Å². The van der Waals surface area contributed by atoms with Crippen molar-refractivity contribution in [3.63, 3.8) is 0 Å². The van der Waals surface area contributed by atoms with Crippen molar-refractivity contribution in [2.75, 3.05) is 18.0 Å². The fraction of sp³-hybridized carbons (Fsp3) is 0.500. The maximum atomic E-state index is 12.5. The van der Waals surface area contributed by atoms with Gasteiger partial charge >= 0.3 is 6.09 Å². The lowest BCUT2D eigenvalue weighted by Crippen LogP contribution is -2.37. The van der Waals surface area contributed by atoms with Gasteiger partial charge in [-0.3, -0.25) is 9.80 Å². The minimum Gasteiger partial charge on any atom is -0.443 e. The molecule has 1 amide bonds. The monoisotopic (exact) mass is 395 g/mol. The van der Waals surface area contributed by atoms with E-state index in [4.69, 9.17) is 4.74 Å². The molecule has 1 aromatic carbocycles. The fourth-order valence-electron chi connectivity index (χ4n) is 3.83. The minimum atomic E-state index is -0.523. The summed E-state index contributed by atoms with van der Waals surface area (Å²) in [4.78, 5) is 21.2. The summed E-state index contributed by atoms with van der Waals surface area (Å²) in [6.45, 7) is 10.1. The standard InChI is InChI=1S/C24H33N3O2/c1-5-27(23(28)29-24(2,3)4)22-15-14-20(17-25-22)21-13-9-10-16-26(21)18-19-11-7-6-8-12-19/h6-8,11-12,14-15,17,21H,5,9-10,13,16,18H2,1-4H3. The zero-order valence-corrected chi connectivity index (χ0v) is 18.1. The molecule has 0 saturated carbocycles. The van der Waals surface area contributed by atoms with Crippen molar-refractivity contribution in [2.24, 2.45) is 0 Å². The molecule has 29 heavy (non-hydrogen) atoms. The Balaban J connectivity index is 1.74. The molecule has 1 atom stereocenters. The summed E-state index contributed by atoms with van der Waals surface area (Å²) in [6, 6.07) is 15.1. The highest BCUT2D eigenvalue weighted by Gasteiger charge is 2.26. The average Bonchev–Trinajstić information content (AvgIpc) is 2.69. The first-order valence-electron chi connectivity index (χ1n) is 10.6. The van der Waals surface area contributed by atoms with Gasteiger partial charge in [-0.25, -0.2) is 9.78 Å². The summed E-state index contributed by atoms with van der Waals surface area (Å²) < 4.78 is 5.51. The Labute approximate surface area is 174 Å². The van der Waals surface area contributed by atoms with Crippen LogP contribution >= 0.6 is 0 Å². The second-order valence-electron chi connectivity index (χ2n) is 8.64. The SMILES string of the molecule is CCN(C(=O)OC(C)(C)C)c1ccc(C2CCCCN2Cc2ccccc2)cn1. The number of nitrogens with zero attached hydrogens (tertiary/aromatic N) is 3. The van der Waals surface area contributed by atoms with Gasteiger partial charge in [0.15, 0.2) is 0 Å². The Morgan fingerprint density at radius 1 is 1.17 bits per heavy atom. The number of piperidine rings is 1. The third kappa shape index (κ3) is 5.80. The zero-order chi connectivity index (χ0) is 20.9. The number of carbonyl (C=O) groups is 1. The van der Waals surface area contributed by atoms with Gasteiger partial charge in [0, 0.05) is 25.3 Å². The predicted molar refractivity (Wildman–Crippen MR) is 117 cm³/mol. The molecule has 0 bridgehead atoms. The van der Waals surface area contributed by atoms with Crippen LogP contribution in [0.15, 0.2) is 48.7 Å². The van der Waals surface area contributed by atoms with E-state index < -0.39 is 5.60 Å². The van der Waals surface area contributed by atoms with Crippen LogP contribution in [0.4, 0.5) is 10.6 Å². The van der Waals surface area contributed by atoms with E-state index in [2.05, 4.69) is 46.3 Å². The molecule has 0 N–H and O–H groups in total. The number of pyridine rings is 1. The first kappa shape index (κ1) is 21.3. The molecule has 5 nitrogen and oxygen atoms in total. The van der Waals surface area contributed by atoms with Gasteiger partial charge in [-0.05, 0) is 64.3 Å². The third-order valence-electron chi connectivity index (χ3n) is 5.20. The van der Waals surface area contributed by atoms with Gasteiger partial charge in [-0.15, -0.1) is 0 Å². The second kappa shape index (κ2) is 9.40. The number of hydrogen-bond donors (Lipinski definition) is 0. The number of likely N-dealkylation sites (tertiary alicyclic amines) is 1. The van der Waals surface area contributed by atoms with Crippen molar-refractivity contribution < 1.29 is 9.53 Å². The minimum absolute atomic E-state index is 0.358. The number of hydrogen-bond acceptors (Lipinski definition) is 4. The maximum Gasteiger partial charge on any atom is 0.415 e. The lowest BCUT2D eigenvalue weighted by molar-refractivity contribution is 0.0581. The average molecular weight is 396 g/mol.